The number of carbonyl (C=O) groups excluding carboxylic acids is 1. The number of nitro groups is 1. The molecule has 0 saturated carbocycles. The standard InChI is InChI=1S/C17H17N3O3/c1-2-10-19-16(12-6-5-7-13(11-12)20(22)23)18-15-9-4-3-8-14(15)17(19)21/h3-9,11,16,18H,2,10H2,1H3/t16-/m1/s1. The second-order valence-corrected chi connectivity index (χ2v) is 5.44. The van der Waals surface area contributed by atoms with Crippen LogP contribution in [0.5, 0.6) is 0 Å². The molecule has 1 atom stereocenters. The number of carbonyl (C=O) groups is 1. The number of hydrogen-bond acceptors (Lipinski definition) is 4. The van der Waals surface area contributed by atoms with Gasteiger partial charge in [0.25, 0.3) is 11.6 Å². The summed E-state index contributed by atoms with van der Waals surface area (Å²) in [4.78, 5) is 25.1. The van der Waals surface area contributed by atoms with Crippen molar-refractivity contribution in [3.63, 3.8) is 0 Å². The van der Waals surface area contributed by atoms with E-state index in [0.717, 1.165) is 12.1 Å². The Morgan fingerprint density at radius 1 is 1.22 bits per heavy atom. The predicted octanol–water partition coefficient (Wildman–Crippen LogP) is 3.57. The van der Waals surface area contributed by atoms with E-state index in [0.29, 0.717) is 17.7 Å². The summed E-state index contributed by atoms with van der Waals surface area (Å²) in [6.45, 7) is 2.58. The van der Waals surface area contributed by atoms with Gasteiger partial charge in [0, 0.05) is 29.9 Å². The predicted molar refractivity (Wildman–Crippen MR) is 87.2 cm³/mol. The molecule has 0 saturated heterocycles. The molecule has 0 unspecified atom stereocenters. The number of hydrogen-bond donors (Lipinski definition) is 1. The molecular weight excluding hydrogens is 294 g/mol. The Balaban J connectivity index is 2.04. The molecule has 2 aromatic carbocycles. The summed E-state index contributed by atoms with van der Waals surface area (Å²) in [5, 5.41) is 14.3. The highest BCUT2D eigenvalue weighted by atomic mass is 16.6. The number of nitrogens with zero attached hydrogens (tertiary/aromatic N) is 2. The van der Waals surface area contributed by atoms with Crippen molar-refractivity contribution in [3.05, 3.63) is 69.8 Å². The van der Waals surface area contributed by atoms with E-state index in [1.54, 1.807) is 23.1 Å². The summed E-state index contributed by atoms with van der Waals surface area (Å²) in [7, 11) is 0. The lowest BCUT2D eigenvalue weighted by Gasteiger charge is -2.38. The molecule has 0 bridgehead atoms. The third-order valence-electron chi connectivity index (χ3n) is 3.88. The van der Waals surface area contributed by atoms with Gasteiger partial charge in [0.1, 0.15) is 6.17 Å². The minimum atomic E-state index is -0.424. The summed E-state index contributed by atoms with van der Waals surface area (Å²) >= 11 is 0. The average Bonchev–Trinajstić information content (AvgIpc) is 2.57. The molecule has 6 heteroatoms. The molecule has 118 valence electrons. The number of amides is 1. The van der Waals surface area contributed by atoms with Crippen LogP contribution in [0.1, 0.15) is 35.4 Å². The molecule has 0 aliphatic carbocycles. The van der Waals surface area contributed by atoms with Crippen molar-refractivity contribution in [2.24, 2.45) is 0 Å². The molecule has 2 aromatic rings. The zero-order valence-corrected chi connectivity index (χ0v) is 12.7. The van der Waals surface area contributed by atoms with Crippen LogP contribution < -0.4 is 5.32 Å². The fourth-order valence-corrected chi connectivity index (χ4v) is 2.84. The van der Waals surface area contributed by atoms with Crippen LogP contribution in [0.2, 0.25) is 0 Å². The van der Waals surface area contributed by atoms with E-state index in [-0.39, 0.29) is 11.6 Å². The molecule has 1 N–H and O–H groups in total. The maximum atomic E-state index is 12.8. The quantitative estimate of drug-likeness (QED) is 0.692. The summed E-state index contributed by atoms with van der Waals surface area (Å²) in [5.41, 5.74) is 2.10. The highest BCUT2D eigenvalue weighted by Crippen LogP contribution is 2.34. The smallest absolute Gasteiger partial charge is 0.269 e. The van der Waals surface area contributed by atoms with Gasteiger partial charge in [-0.15, -0.1) is 0 Å². The highest BCUT2D eigenvalue weighted by Gasteiger charge is 2.32. The van der Waals surface area contributed by atoms with E-state index in [2.05, 4.69) is 5.32 Å². The van der Waals surface area contributed by atoms with Gasteiger partial charge in [0.2, 0.25) is 0 Å². The zero-order valence-electron chi connectivity index (χ0n) is 12.7. The Kier molecular flexibility index (Phi) is 3.97. The molecule has 0 spiro atoms. The van der Waals surface area contributed by atoms with Crippen molar-refractivity contribution in [1.82, 2.24) is 4.90 Å². The number of non-ortho nitro benzene ring substituents is 1. The van der Waals surface area contributed by atoms with Crippen LogP contribution in [-0.4, -0.2) is 22.3 Å². The first kappa shape index (κ1) is 15.0. The SMILES string of the molecule is CCCN1C(=O)c2ccccc2N[C@H]1c1cccc([N+](=O)[O-])c1. The molecule has 1 heterocycles. The lowest BCUT2D eigenvalue weighted by atomic mass is 10.0. The van der Waals surface area contributed by atoms with Crippen molar-refractivity contribution >= 4 is 17.3 Å². The molecule has 0 fully saturated rings. The minimum Gasteiger partial charge on any atom is -0.361 e. The van der Waals surface area contributed by atoms with Crippen molar-refractivity contribution in [1.29, 1.82) is 0 Å². The lowest BCUT2D eigenvalue weighted by molar-refractivity contribution is -0.384. The van der Waals surface area contributed by atoms with Crippen molar-refractivity contribution < 1.29 is 9.72 Å². The second-order valence-electron chi connectivity index (χ2n) is 5.44. The molecular formula is C17H17N3O3. The molecule has 0 aromatic heterocycles. The Bertz CT molecular complexity index is 760. The molecule has 3 rings (SSSR count). The van der Waals surface area contributed by atoms with Gasteiger partial charge < -0.3 is 10.2 Å². The molecule has 0 radical (unpaired) electrons. The third-order valence-corrected chi connectivity index (χ3v) is 3.88. The van der Waals surface area contributed by atoms with Crippen LogP contribution >= 0.6 is 0 Å². The topological polar surface area (TPSA) is 75.5 Å². The first-order valence-electron chi connectivity index (χ1n) is 7.52. The summed E-state index contributed by atoms with van der Waals surface area (Å²) in [5.74, 6) is -0.0577. The summed E-state index contributed by atoms with van der Waals surface area (Å²) in [6, 6.07) is 13.7. The van der Waals surface area contributed by atoms with Crippen molar-refractivity contribution in [2.45, 2.75) is 19.5 Å². The number of nitrogens with one attached hydrogen (secondary N) is 1. The molecule has 1 amide bonds. The van der Waals surface area contributed by atoms with Gasteiger partial charge in [0.05, 0.1) is 10.5 Å². The molecule has 23 heavy (non-hydrogen) atoms. The highest BCUT2D eigenvalue weighted by molar-refractivity contribution is 6.01. The van der Waals surface area contributed by atoms with Crippen LogP contribution in [0, 0.1) is 10.1 Å². The van der Waals surface area contributed by atoms with Crippen LogP contribution in [0.3, 0.4) is 0 Å². The van der Waals surface area contributed by atoms with Crippen molar-refractivity contribution in [2.75, 3.05) is 11.9 Å². The number of fused-ring (bicyclic) bond motifs is 1. The number of rotatable bonds is 4. The molecule has 1 aliphatic heterocycles. The number of anilines is 1. The number of nitro benzene ring substituents is 1. The van der Waals surface area contributed by atoms with Crippen LogP contribution in [0.25, 0.3) is 0 Å². The lowest BCUT2D eigenvalue weighted by Crippen LogP contribution is -2.43. The first-order chi connectivity index (χ1) is 11.1. The number of para-hydroxylation sites is 1. The largest absolute Gasteiger partial charge is 0.361 e. The minimum absolute atomic E-state index is 0.0204. The van der Waals surface area contributed by atoms with E-state index in [1.165, 1.54) is 12.1 Å². The fourth-order valence-electron chi connectivity index (χ4n) is 2.84. The van der Waals surface area contributed by atoms with Crippen molar-refractivity contribution in [3.8, 4) is 0 Å². The van der Waals surface area contributed by atoms with E-state index in [4.69, 9.17) is 0 Å². The van der Waals surface area contributed by atoms with Crippen LogP contribution in [0.4, 0.5) is 11.4 Å². The molecule has 1 aliphatic rings. The van der Waals surface area contributed by atoms with Gasteiger partial charge in [-0.1, -0.05) is 31.2 Å². The third kappa shape index (κ3) is 2.75. The van der Waals surface area contributed by atoms with Gasteiger partial charge >= 0.3 is 0 Å². The monoisotopic (exact) mass is 311 g/mol. The second kappa shape index (κ2) is 6.08. The Morgan fingerprint density at radius 2 is 2.00 bits per heavy atom. The summed E-state index contributed by atoms with van der Waals surface area (Å²) in [6.07, 6.45) is 0.401. The maximum absolute atomic E-state index is 12.8. The maximum Gasteiger partial charge on any atom is 0.269 e. The van der Waals surface area contributed by atoms with E-state index in [1.807, 2.05) is 25.1 Å². The average molecular weight is 311 g/mol. The van der Waals surface area contributed by atoms with E-state index in [9.17, 15) is 14.9 Å². The Hall–Kier alpha value is -2.89. The van der Waals surface area contributed by atoms with E-state index < -0.39 is 11.1 Å². The van der Waals surface area contributed by atoms with Gasteiger partial charge in [-0.3, -0.25) is 14.9 Å². The number of benzene rings is 2. The van der Waals surface area contributed by atoms with Gasteiger partial charge in [-0.25, -0.2) is 0 Å². The summed E-state index contributed by atoms with van der Waals surface area (Å²) < 4.78 is 0. The fraction of sp³-hybridized carbons (Fsp3) is 0.235. The Morgan fingerprint density at radius 3 is 2.74 bits per heavy atom. The van der Waals surface area contributed by atoms with Crippen LogP contribution in [0.15, 0.2) is 48.5 Å². The van der Waals surface area contributed by atoms with Gasteiger partial charge in [-0.05, 0) is 18.6 Å². The van der Waals surface area contributed by atoms with E-state index >= 15 is 0 Å². The Labute approximate surface area is 133 Å². The first-order valence-corrected chi connectivity index (χ1v) is 7.52. The normalized spacial score (nSPS) is 16.7. The van der Waals surface area contributed by atoms with Gasteiger partial charge in [0.15, 0.2) is 0 Å². The van der Waals surface area contributed by atoms with Crippen LogP contribution in [-0.2, 0) is 0 Å². The van der Waals surface area contributed by atoms with Gasteiger partial charge in [-0.2, -0.15) is 0 Å². The zero-order chi connectivity index (χ0) is 16.4. The molecule has 6 nitrogen and oxygen atoms in total.